The summed E-state index contributed by atoms with van der Waals surface area (Å²) in [5.41, 5.74) is 1.79. The van der Waals surface area contributed by atoms with E-state index in [1.807, 2.05) is 22.9 Å². The van der Waals surface area contributed by atoms with Crippen molar-refractivity contribution in [1.82, 2.24) is 20.0 Å². The average Bonchev–Trinajstić information content (AvgIpc) is 3.35. The molecule has 0 aliphatic carbocycles. The Morgan fingerprint density at radius 2 is 2.15 bits per heavy atom. The SMILES string of the molecule is O=C(NCCC1CN(Cc2ccccc2F)Cc2ccnn21)c1ccco1. The summed E-state index contributed by atoms with van der Waals surface area (Å²) in [6, 6.07) is 12.3. The van der Waals surface area contributed by atoms with Gasteiger partial charge in [0.15, 0.2) is 5.76 Å². The van der Waals surface area contributed by atoms with E-state index in [9.17, 15) is 9.18 Å². The zero-order valence-corrected chi connectivity index (χ0v) is 14.8. The molecule has 0 saturated heterocycles. The summed E-state index contributed by atoms with van der Waals surface area (Å²) in [5, 5.41) is 7.31. The van der Waals surface area contributed by atoms with Gasteiger partial charge in [-0.1, -0.05) is 18.2 Å². The standard InChI is InChI=1S/C20H21FN4O2/c21-18-5-2-1-4-15(18)12-24-13-16(25-17(14-24)8-10-23-25)7-9-22-20(26)19-6-3-11-27-19/h1-6,8,10-11,16H,7,9,12-14H2,(H,22,26). The van der Waals surface area contributed by atoms with Gasteiger partial charge in [-0.3, -0.25) is 14.4 Å². The van der Waals surface area contributed by atoms with Crippen LogP contribution in [0.25, 0.3) is 0 Å². The van der Waals surface area contributed by atoms with Gasteiger partial charge >= 0.3 is 0 Å². The summed E-state index contributed by atoms with van der Waals surface area (Å²) < 4.78 is 21.1. The molecule has 3 aromatic rings. The van der Waals surface area contributed by atoms with Gasteiger partial charge in [-0.25, -0.2) is 4.39 Å². The van der Waals surface area contributed by atoms with Crippen LogP contribution in [0.4, 0.5) is 4.39 Å². The lowest BCUT2D eigenvalue weighted by Crippen LogP contribution is -2.39. The molecule has 1 unspecified atom stereocenters. The normalized spacial score (nSPS) is 16.9. The molecular weight excluding hydrogens is 347 g/mol. The number of carbonyl (C=O) groups is 1. The Labute approximate surface area is 156 Å². The summed E-state index contributed by atoms with van der Waals surface area (Å²) >= 11 is 0. The van der Waals surface area contributed by atoms with Gasteiger partial charge < -0.3 is 9.73 Å². The van der Waals surface area contributed by atoms with Crippen LogP contribution in [0.2, 0.25) is 0 Å². The molecule has 0 spiro atoms. The number of benzene rings is 1. The third kappa shape index (κ3) is 3.93. The molecular formula is C20H21FN4O2. The molecule has 1 amide bonds. The summed E-state index contributed by atoms with van der Waals surface area (Å²) in [7, 11) is 0. The highest BCUT2D eigenvalue weighted by Crippen LogP contribution is 2.24. The maximum absolute atomic E-state index is 14.0. The van der Waals surface area contributed by atoms with Crippen LogP contribution in [-0.4, -0.2) is 33.7 Å². The number of halogens is 1. The van der Waals surface area contributed by atoms with E-state index in [0.717, 1.165) is 25.2 Å². The van der Waals surface area contributed by atoms with Gasteiger partial charge in [0.2, 0.25) is 0 Å². The van der Waals surface area contributed by atoms with Crippen molar-refractivity contribution in [2.75, 3.05) is 13.1 Å². The van der Waals surface area contributed by atoms with Crippen LogP contribution in [-0.2, 0) is 13.1 Å². The molecule has 0 saturated carbocycles. The molecule has 6 nitrogen and oxygen atoms in total. The van der Waals surface area contributed by atoms with Crippen LogP contribution in [0.15, 0.2) is 59.3 Å². The van der Waals surface area contributed by atoms with E-state index in [1.54, 1.807) is 24.4 Å². The lowest BCUT2D eigenvalue weighted by molar-refractivity contribution is 0.0919. The number of hydrogen-bond acceptors (Lipinski definition) is 4. The molecule has 7 heteroatoms. The van der Waals surface area contributed by atoms with Crippen molar-refractivity contribution in [3.05, 3.63) is 77.8 Å². The smallest absolute Gasteiger partial charge is 0.286 e. The van der Waals surface area contributed by atoms with Crippen molar-refractivity contribution < 1.29 is 13.6 Å². The Morgan fingerprint density at radius 1 is 1.26 bits per heavy atom. The zero-order valence-electron chi connectivity index (χ0n) is 14.8. The maximum Gasteiger partial charge on any atom is 0.286 e. The average molecular weight is 368 g/mol. The first-order valence-corrected chi connectivity index (χ1v) is 9.00. The number of nitrogens with zero attached hydrogens (tertiary/aromatic N) is 3. The quantitative estimate of drug-likeness (QED) is 0.727. The van der Waals surface area contributed by atoms with Crippen LogP contribution in [0.5, 0.6) is 0 Å². The van der Waals surface area contributed by atoms with Crippen molar-refractivity contribution in [1.29, 1.82) is 0 Å². The molecule has 0 bridgehead atoms. The van der Waals surface area contributed by atoms with E-state index in [4.69, 9.17) is 4.42 Å². The van der Waals surface area contributed by atoms with E-state index in [1.165, 1.54) is 12.3 Å². The molecule has 0 radical (unpaired) electrons. The van der Waals surface area contributed by atoms with Gasteiger partial charge in [0.25, 0.3) is 5.91 Å². The van der Waals surface area contributed by atoms with E-state index in [0.29, 0.717) is 24.4 Å². The van der Waals surface area contributed by atoms with Gasteiger partial charge in [0.1, 0.15) is 5.82 Å². The minimum absolute atomic E-state index is 0.118. The largest absolute Gasteiger partial charge is 0.459 e. The second-order valence-electron chi connectivity index (χ2n) is 6.70. The zero-order chi connectivity index (χ0) is 18.6. The van der Waals surface area contributed by atoms with E-state index in [-0.39, 0.29) is 17.8 Å². The van der Waals surface area contributed by atoms with Gasteiger partial charge in [-0.05, 0) is 30.7 Å². The molecule has 2 aromatic heterocycles. The van der Waals surface area contributed by atoms with Crippen LogP contribution in [0.3, 0.4) is 0 Å². The number of nitrogens with one attached hydrogen (secondary N) is 1. The van der Waals surface area contributed by atoms with Gasteiger partial charge in [0.05, 0.1) is 18.0 Å². The van der Waals surface area contributed by atoms with Crippen molar-refractivity contribution in [3.8, 4) is 0 Å². The Hall–Kier alpha value is -2.93. The van der Waals surface area contributed by atoms with Crippen LogP contribution >= 0.6 is 0 Å². The van der Waals surface area contributed by atoms with Gasteiger partial charge in [-0.2, -0.15) is 5.10 Å². The fourth-order valence-electron chi connectivity index (χ4n) is 3.51. The Balaban J connectivity index is 1.39. The predicted molar refractivity (Wildman–Crippen MR) is 97.4 cm³/mol. The maximum atomic E-state index is 14.0. The fourth-order valence-corrected chi connectivity index (χ4v) is 3.51. The minimum atomic E-state index is -0.222. The van der Waals surface area contributed by atoms with Crippen molar-refractivity contribution in [2.24, 2.45) is 0 Å². The van der Waals surface area contributed by atoms with Gasteiger partial charge in [0, 0.05) is 37.9 Å². The number of fused-ring (bicyclic) bond motifs is 1. The van der Waals surface area contributed by atoms with Crippen molar-refractivity contribution in [2.45, 2.75) is 25.6 Å². The number of rotatable bonds is 6. The highest BCUT2D eigenvalue weighted by molar-refractivity contribution is 5.91. The van der Waals surface area contributed by atoms with Crippen LogP contribution < -0.4 is 5.32 Å². The molecule has 3 heterocycles. The number of furan rings is 1. The first-order chi connectivity index (χ1) is 13.2. The summed E-state index contributed by atoms with van der Waals surface area (Å²) in [6.45, 7) is 2.54. The third-order valence-electron chi connectivity index (χ3n) is 4.81. The molecule has 140 valence electrons. The monoisotopic (exact) mass is 368 g/mol. The van der Waals surface area contributed by atoms with Crippen molar-refractivity contribution in [3.63, 3.8) is 0 Å². The second-order valence-corrected chi connectivity index (χ2v) is 6.70. The molecule has 27 heavy (non-hydrogen) atoms. The van der Waals surface area contributed by atoms with E-state index >= 15 is 0 Å². The number of carbonyl (C=O) groups excluding carboxylic acids is 1. The first-order valence-electron chi connectivity index (χ1n) is 9.00. The Bertz CT molecular complexity index is 906. The van der Waals surface area contributed by atoms with E-state index < -0.39 is 0 Å². The number of hydrogen-bond donors (Lipinski definition) is 1. The summed E-state index contributed by atoms with van der Waals surface area (Å²) in [5.74, 6) is -0.0989. The predicted octanol–water partition coefficient (Wildman–Crippen LogP) is 2.99. The van der Waals surface area contributed by atoms with Crippen LogP contribution in [0, 0.1) is 5.82 Å². The summed E-state index contributed by atoms with van der Waals surface area (Å²) in [6.07, 6.45) is 4.00. The third-order valence-corrected chi connectivity index (χ3v) is 4.81. The lowest BCUT2D eigenvalue weighted by atomic mass is 10.1. The Morgan fingerprint density at radius 3 is 2.96 bits per heavy atom. The molecule has 1 N–H and O–H groups in total. The first kappa shape index (κ1) is 17.5. The number of amides is 1. The topological polar surface area (TPSA) is 63.3 Å². The molecule has 1 aromatic carbocycles. The van der Waals surface area contributed by atoms with E-state index in [2.05, 4.69) is 15.3 Å². The highest BCUT2D eigenvalue weighted by atomic mass is 19.1. The van der Waals surface area contributed by atoms with Crippen molar-refractivity contribution >= 4 is 5.91 Å². The molecule has 1 aliphatic rings. The van der Waals surface area contributed by atoms with Gasteiger partial charge in [-0.15, -0.1) is 0 Å². The number of aromatic nitrogens is 2. The minimum Gasteiger partial charge on any atom is -0.459 e. The molecule has 0 fully saturated rings. The fraction of sp³-hybridized carbons (Fsp3) is 0.300. The highest BCUT2D eigenvalue weighted by Gasteiger charge is 2.26. The molecule has 4 rings (SSSR count). The molecule has 1 aliphatic heterocycles. The second kappa shape index (κ2) is 7.75. The van der Waals surface area contributed by atoms with Crippen LogP contribution in [0.1, 0.15) is 34.3 Å². The lowest BCUT2D eigenvalue weighted by Gasteiger charge is -2.34. The summed E-state index contributed by atoms with van der Waals surface area (Å²) in [4.78, 5) is 14.2. The Kier molecular flexibility index (Phi) is 5.02. The molecule has 1 atom stereocenters.